The van der Waals surface area contributed by atoms with Gasteiger partial charge in [-0.1, -0.05) is 28.4 Å². The Kier molecular flexibility index (Phi) is 4.34. The number of rotatable bonds is 3. The van der Waals surface area contributed by atoms with E-state index in [0.29, 0.717) is 17.7 Å². The Labute approximate surface area is 129 Å². The van der Waals surface area contributed by atoms with Crippen molar-refractivity contribution in [3.63, 3.8) is 0 Å². The lowest BCUT2D eigenvalue weighted by Gasteiger charge is -2.43. The van der Waals surface area contributed by atoms with E-state index in [2.05, 4.69) is 32.2 Å². The summed E-state index contributed by atoms with van der Waals surface area (Å²) >= 11 is 3.67. The van der Waals surface area contributed by atoms with Crippen molar-refractivity contribution in [1.29, 1.82) is 0 Å². The molecule has 4 heteroatoms. The first-order chi connectivity index (χ1) is 9.68. The summed E-state index contributed by atoms with van der Waals surface area (Å²) in [6.07, 6.45) is 3.90. The average Bonchev–Trinajstić information content (AvgIpc) is 2.41. The Morgan fingerprint density at radius 1 is 1.30 bits per heavy atom. The van der Waals surface area contributed by atoms with E-state index in [1.165, 1.54) is 19.3 Å². The van der Waals surface area contributed by atoms with E-state index >= 15 is 0 Å². The molecule has 0 aromatic heterocycles. The first kappa shape index (κ1) is 14.4. The van der Waals surface area contributed by atoms with Crippen molar-refractivity contribution in [1.82, 2.24) is 10.2 Å². The minimum absolute atomic E-state index is 0.361. The summed E-state index contributed by atoms with van der Waals surface area (Å²) in [5.41, 5.74) is 2.08. The molecule has 1 heterocycles. The van der Waals surface area contributed by atoms with E-state index in [1.54, 1.807) is 0 Å². The molecule has 2 aliphatic rings. The summed E-state index contributed by atoms with van der Waals surface area (Å²) < 4.78 is 1.05. The smallest absolute Gasteiger partial charge is 0.124 e. The van der Waals surface area contributed by atoms with E-state index in [9.17, 15) is 5.11 Å². The molecule has 1 aromatic carbocycles. The molecular weight excluding hydrogens is 316 g/mol. The third-order valence-corrected chi connectivity index (χ3v) is 5.49. The molecule has 1 aliphatic heterocycles. The minimum atomic E-state index is 0.361. The van der Waals surface area contributed by atoms with Crippen LogP contribution in [0.2, 0.25) is 0 Å². The number of hydrogen-bond donors (Lipinski definition) is 2. The predicted octanol–water partition coefficient (Wildman–Crippen LogP) is 3.21. The number of nitrogens with zero attached hydrogens (tertiary/aromatic N) is 1. The molecule has 1 aromatic rings. The molecule has 3 rings (SSSR count). The summed E-state index contributed by atoms with van der Waals surface area (Å²) in [5.74, 6) is 1.17. The largest absolute Gasteiger partial charge is 0.507 e. The van der Waals surface area contributed by atoms with Crippen LogP contribution < -0.4 is 5.32 Å². The van der Waals surface area contributed by atoms with Crippen LogP contribution in [0, 0.1) is 12.8 Å². The van der Waals surface area contributed by atoms with E-state index in [0.717, 1.165) is 41.8 Å². The highest BCUT2D eigenvalue weighted by atomic mass is 79.9. The summed E-state index contributed by atoms with van der Waals surface area (Å²) in [4.78, 5) is 2.56. The highest BCUT2D eigenvalue weighted by Gasteiger charge is 2.36. The van der Waals surface area contributed by atoms with Crippen LogP contribution in [0.15, 0.2) is 16.6 Å². The molecule has 1 saturated heterocycles. The summed E-state index contributed by atoms with van der Waals surface area (Å²) in [6.45, 7) is 6.23. The molecule has 110 valence electrons. The number of phenolic OH excluding ortho intramolecular Hbond substituents is 1. The van der Waals surface area contributed by atoms with E-state index in [-0.39, 0.29) is 0 Å². The summed E-state index contributed by atoms with van der Waals surface area (Å²) in [6, 6.07) is 4.43. The zero-order chi connectivity index (χ0) is 14.1. The third-order valence-electron chi connectivity index (χ3n) is 4.80. The monoisotopic (exact) mass is 338 g/mol. The first-order valence-corrected chi connectivity index (χ1v) is 8.40. The Bertz CT molecular complexity index is 482. The van der Waals surface area contributed by atoms with Crippen LogP contribution in [-0.4, -0.2) is 36.2 Å². The van der Waals surface area contributed by atoms with Crippen molar-refractivity contribution in [2.75, 3.05) is 26.2 Å². The van der Waals surface area contributed by atoms with Crippen LogP contribution in [-0.2, 0) is 0 Å². The maximum Gasteiger partial charge on any atom is 0.124 e. The molecule has 2 fully saturated rings. The molecule has 1 aliphatic carbocycles. The highest BCUT2D eigenvalue weighted by molar-refractivity contribution is 9.10. The first-order valence-electron chi connectivity index (χ1n) is 7.61. The van der Waals surface area contributed by atoms with Gasteiger partial charge in [0.2, 0.25) is 0 Å². The van der Waals surface area contributed by atoms with Gasteiger partial charge in [0.05, 0.1) is 0 Å². The van der Waals surface area contributed by atoms with E-state index in [4.69, 9.17) is 0 Å². The lowest BCUT2D eigenvalue weighted by atomic mass is 9.76. The lowest BCUT2D eigenvalue weighted by molar-refractivity contribution is 0.0814. The molecule has 20 heavy (non-hydrogen) atoms. The standard InChI is InChI=1S/C16H23BrN2O/c1-11-5-6-13(17)14(16(11)20)15(12-3-2-4-12)19-9-7-18-8-10-19/h5-6,12,15,18,20H,2-4,7-10H2,1H3/t15-/m1/s1. The average molecular weight is 339 g/mol. The molecule has 0 unspecified atom stereocenters. The maximum atomic E-state index is 10.6. The third kappa shape index (κ3) is 2.61. The number of hydrogen-bond acceptors (Lipinski definition) is 3. The molecule has 0 spiro atoms. The second-order valence-electron chi connectivity index (χ2n) is 6.05. The number of halogens is 1. The molecule has 0 radical (unpaired) electrons. The minimum Gasteiger partial charge on any atom is -0.507 e. The Hall–Kier alpha value is -0.580. The zero-order valence-corrected chi connectivity index (χ0v) is 13.6. The van der Waals surface area contributed by atoms with Crippen molar-refractivity contribution in [2.24, 2.45) is 5.92 Å². The van der Waals surface area contributed by atoms with Crippen molar-refractivity contribution in [3.05, 3.63) is 27.7 Å². The molecule has 3 nitrogen and oxygen atoms in total. The normalized spacial score (nSPS) is 22.5. The van der Waals surface area contributed by atoms with Gasteiger partial charge >= 0.3 is 0 Å². The molecule has 0 amide bonds. The maximum absolute atomic E-state index is 10.6. The van der Waals surface area contributed by atoms with Gasteiger partial charge in [-0.15, -0.1) is 0 Å². The summed E-state index contributed by atoms with van der Waals surface area (Å²) in [5, 5.41) is 14.0. The van der Waals surface area contributed by atoms with Gasteiger partial charge in [0.1, 0.15) is 5.75 Å². The van der Waals surface area contributed by atoms with Gasteiger partial charge < -0.3 is 10.4 Å². The van der Waals surface area contributed by atoms with Gasteiger partial charge in [-0.25, -0.2) is 0 Å². The zero-order valence-electron chi connectivity index (χ0n) is 12.0. The van der Waals surface area contributed by atoms with Crippen molar-refractivity contribution >= 4 is 15.9 Å². The fourth-order valence-electron chi connectivity index (χ4n) is 3.41. The Morgan fingerprint density at radius 2 is 2.00 bits per heavy atom. The molecule has 0 bridgehead atoms. The number of aromatic hydroxyl groups is 1. The van der Waals surface area contributed by atoms with E-state index in [1.807, 2.05) is 13.0 Å². The summed E-state index contributed by atoms with van der Waals surface area (Å²) in [7, 11) is 0. The van der Waals surface area contributed by atoms with Crippen LogP contribution in [0.3, 0.4) is 0 Å². The van der Waals surface area contributed by atoms with E-state index < -0.39 is 0 Å². The van der Waals surface area contributed by atoms with Crippen molar-refractivity contribution < 1.29 is 5.11 Å². The topological polar surface area (TPSA) is 35.5 Å². The van der Waals surface area contributed by atoms with Gasteiger partial charge in [0.15, 0.2) is 0 Å². The SMILES string of the molecule is Cc1ccc(Br)c([C@@H](C2CCC2)N2CCNCC2)c1O. The molecular formula is C16H23BrN2O. The fourth-order valence-corrected chi connectivity index (χ4v) is 3.96. The predicted molar refractivity (Wildman–Crippen MR) is 85.1 cm³/mol. The molecule has 1 saturated carbocycles. The lowest BCUT2D eigenvalue weighted by Crippen LogP contribution is -2.48. The Morgan fingerprint density at radius 3 is 2.60 bits per heavy atom. The number of benzene rings is 1. The molecule has 2 N–H and O–H groups in total. The van der Waals surface area contributed by atoms with Gasteiger partial charge in [-0.05, 0) is 37.3 Å². The number of aryl methyl sites for hydroxylation is 1. The highest BCUT2D eigenvalue weighted by Crippen LogP contribution is 2.47. The van der Waals surface area contributed by atoms with Crippen LogP contribution in [0.25, 0.3) is 0 Å². The van der Waals surface area contributed by atoms with Gasteiger partial charge in [-0.2, -0.15) is 0 Å². The van der Waals surface area contributed by atoms with Crippen molar-refractivity contribution in [2.45, 2.75) is 32.2 Å². The van der Waals surface area contributed by atoms with Crippen LogP contribution in [0.1, 0.15) is 36.4 Å². The number of nitrogens with one attached hydrogen (secondary N) is 1. The van der Waals surface area contributed by atoms with Gasteiger partial charge in [0.25, 0.3) is 0 Å². The number of piperazine rings is 1. The molecule has 1 atom stereocenters. The second kappa shape index (κ2) is 6.04. The van der Waals surface area contributed by atoms with Crippen molar-refractivity contribution in [3.8, 4) is 5.75 Å². The van der Waals surface area contributed by atoms with Crippen LogP contribution in [0.4, 0.5) is 0 Å². The van der Waals surface area contributed by atoms with Gasteiger partial charge in [0, 0.05) is 42.3 Å². The Balaban J connectivity index is 1.98. The van der Waals surface area contributed by atoms with Gasteiger partial charge in [-0.3, -0.25) is 4.90 Å². The number of phenols is 1. The van der Waals surface area contributed by atoms with Crippen LogP contribution in [0.5, 0.6) is 5.75 Å². The van der Waals surface area contributed by atoms with Crippen LogP contribution >= 0.6 is 15.9 Å². The second-order valence-corrected chi connectivity index (χ2v) is 6.90. The quantitative estimate of drug-likeness (QED) is 0.888. The fraction of sp³-hybridized carbons (Fsp3) is 0.625.